The van der Waals surface area contributed by atoms with Gasteiger partial charge in [0.25, 0.3) is 0 Å². The number of fused-ring (bicyclic) bond motifs is 1. The molecule has 0 bridgehead atoms. The molecule has 0 spiro atoms. The predicted molar refractivity (Wildman–Crippen MR) is 162 cm³/mol. The molecule has 4 heterocycles. The molecule has 2 aliphatic rings. The number of aromatic nitrogens is 3. The number of nitrogens with zero attached hydrogens (tertiary/aromatic N) is 7. The van der Waals surface area contributed by atoms with Crippen molar-refractivity contribution in [1.29, 1.82) is 5.26 Å². The lowest BCUT2D eigenvalue weighted by Crippen LogP contribution is -2.59. The number of aryl methyl sites for hydroxylation is 1. The second-order valence-electron chi connectivity index (χ2n) is 11.6. The van der Waals surface area contributed by atoms with Crippen molar-refractivity contribution in [3.8, 4) is 6.07 Å². The van der Waals surface area contributed by atoms with Gasteiger partial charge in [0.05, 0.1) is 11.6 Å². The molecule has 3 aromatic rings. The molecule has 218 valence electrons. The van der Waals surface area contributed by atoms with Gasteiger partial charge in [0.1, 0.15) is 17.3 Å². The van der Waals surface area contributed by atoms with Gasteiger partial charge in [0.15, 0.2) is 5.82 Å². The van der Waals surface area contributed by atoms with Gasteiger partial charge in [-0.2, -0.15) is 10.2 Å². The first kappa shape index (κ1) is 29.2. The van der Waals surface area contributed by atoms with Gasteiger partial charge < -0.3 is 9.64 Å². The van der Waals surface area contributed by atoms with E-state index >= 15 is 0 Å². The van der Waals surface area contributed by atoms with Crippen LogP contribution < -0.4 is 10.6 Å². The fourth-order valence-electron chi connectivity index (χ4n) is 6.54. The first-order chi connectivity index (χ1) is 19.9. The van der Waals surface area contributed by atoms with Crippen LogP contribution in [0.2, 0.25) is 0 Å². The van der Waals surface area contributed by atoms with Crippen LogP contribution in [0.4, 0.5) is 5.82 Å². The fraction of sp³-hybridized carbons (Fsp3) is 0.562. The third kappa shape index (κ3) is 6.01. The van der Waals surface area contributed by atoms with E-state index in [-0.39, 0.29) is 23.8 Å². The SMILES string of the molecule is CCC1CN(C(C)c2ccc(CN3CCC(OC)CC3)cc2)[C@H](CC)CN1c1nc(=O)n(C)c2ccc(C#N)nc12. The first-order valence-electron chi connectivity index (χ1n) is 15.0. The molecule has 2 fully saturated rings. The van der Waals surface area contributed by atoms with Crippen molar-refractivity contribution in [1.82, 2.24) is 24.3 Å². The highest BCUT2D eigenvalue weighted by molar-refractivity contribution is 5.86. The van der Waals surface area contributed by atoms with Gasteiger partial charge >= 0.3 is 5.69 Å². The Morgan fingerprint density at radius 3 is 2.37 bits per heavy atom. The van der Waals surface area contributed by atoms with E-state index in [4.69, 9.17) is 4.74 Å². The normalized spacial score (nSPS) is 21.7. The summed E-state index contributed by atoms with van der Waals surface area (Å²) in [7, 11) is 3.52. The molecule has 9 nitrogen and oxygen atoms in total. The summed E-state index contributed by atoms with van der Waals surface area (Å²) in [4.78, 5) is 29.4. The molecule has 0 aliphatic carbocycles. The van der Waals surface area contributed by atoms with Gasteiger partial charge in [-0.1, -0.05) is 38.1 Å². The fourth-order valence-corrected chi connectivity index (χ4v) is 6.54. The van der Waals surface area contributed by atoms with E-state index in [0.717, 1.165) is 58.4 Å². The summed E-state index contributed by atoms with van der Waals surface area (Å²) in [5.74, 6) is 0.594. The van der Waals surface area contributed by atoms with E-state index in [2.05, 4.69) is 75.8 Å². The van der Waals surface area contributed by atoms with E-state index in [9.17, 15) is 10.1 Å². The summed E-state index contributed by atoms with van der Waals surface area (Å²) in [6.45, 7) is 11.5. The van der Waals surface area contributed by atoms with Crippen molar-refractivity contribution in [3.63, 3.8) is 0 Å². The number of ether oxygens (including phenoxy) is 1. The van der Waals surface area contributed by atoms with E-state index in [0.29, 0.717) is 28.6 Å². The maximum absolute atomic E-state index is 12.8. The quantitative estimate of drug-likeness (QED) is 0.406. The molecule has 5 rings (SSSR count). The Labute approximate surface area is 243 Å². The number of likely N-dealkylation sites (tertiary alicyclic amines) is 1. The van der Waals surface area contributed by atoms with Gasteiger partial charge in [-0.15, -0.1) is 0 Å². The molecule has 2 unspecified atom stereocenters. The Morgan fingerprint density at radius 1 is 1.02 bits per heavy atom. The Hall–Kier alpha value is -3.32. The molecular formula is C32H43N7O2. The van der Waals surface area contributed by atoms with Crippen LogP contribution in [0.1, 0.15) is 69.3 Å². The molecule has 1 aromatic carbocycles. The molecule has 2 saturated heterocycles. The van der Waals surface area contributed by atoms with E-state index in [1.54, 1.807) is 19.2 Å². The highest BCUT2D eigenvalue weighted by atomic mass is 16.5. The Kier molecular flexibility index (Phi) is 9.03. The number of rotatable bonds is 8. The standard InChI is InChI=1S/C32H43N7O2/c1-6-26-21-39(31-30-29(36(4)32(40)35-31)13-12-25(18-33)34-30)27(7-2)20-38(26)22(3)24-10-8-23(9-11-24)19-37-16-14-28(41-5)15-17-37/h8-13,22,26-28H,6-7,14-17,19-21H2,1-5H3/t22?,26-,27?/m1/s1. The zero-order valence-electron chi connectivity index (χ0n) is 25.1. The lowest BCUT2D eigenvalue weighted by Gasteiger charge is -2.49. The van der Waals surface area contributed by atoms with Crippen LogP contribution in [0.15, 0.2) is 41.2 Å². The summed E-state index contributed by atoms with van der Waals surface area (Å²) < 4.78 is 7.03. The maximum Gasteiger partial charge on any atom is 0.349 e. The van der Waals surface area contributed by atoms with Crippen LogP contribution in [0.5, 0.6) is 0 Å². The average molecular weight is 558 g/mol. The zero-order valence-corrected chi connectivity index (χ0v) is 25.1. The van der Waals surface area contributed by atoms with Crippen molar-refractivity contribution in [2.24, 2.45) is 7.05 Å². The van der Waals surface area contributed by atoms with Crippen molar-refractivity contribution in [2.75, 3.05) is 38.2 Å². The Morgan fingerprint density at radius 2 is 1.73 bits per heavy atom. The predicted octanol–water partition coefficient (Wildman–Crippen LogP) is 4.25. The number of nitriles is 1. The van der Waals surface area contributed by atoms with Crippen LogP contribution >= 0.6 is 0 Å². The second kappa shape index (κ2) is 12.7. The van der Waals surface area contributed by atoms with Gasteiger partial charge in [-0.3, -0.25) is 14.4 Å². The third-order valence-electron chi connectivity index (χ3n) is 9.24. The summed E-state index contributed by atoms with van der Waals surface area (Å²) in [6.07, 6.45) is 4.50. The number of benzene rings is 1. The lowest BCUT2D eigenvalue weighted by molar-refractivity contribution is 0.0388. The van der Waals surface area contributed by atoms with Crippen molar-refractivity contribution < 1.29 is 4.74 Å². The number of methoxy groups -OCH3 is 1. The topological polar surface area (TPSA) is 90.5 Å². The molecule has 0 saturated carbocycles. The molecule has 0 N–H and O–H groups in total. The summed E-state index contributed by atoms with van der Waals surface area (Å²) in [5, 5.41) is 9.49. The first-order valence-corrected chi connectivity index (χ1v) is 15.0. The van der Waals surface area contributed by atoms with Gasteiger partial charge in [-0.25, -0.2) is 9.78 Å². The molecule has 41 heavy (non-hydrogen) atoms. The third-order valence-corrected chi connectivity index (χ3v) is 9.24. The Balaban J connectivity index is 1.35. The van der Waals surface area contributed by atoms with Gasteiger partial charge in [0, 0.05) is 65.0 Å². The van der Waals surface area contributed by atoms with Gasteiger partial charge in [-0.05, 0) is 55.9 Å². The van der Waals surface area contributed by atoms with E-state index < -0.39 is 0 Å². The minimum atomic E-state index is -0.305. The molecule has 9 heteroatoms. The second-order valence-corrected chi connectivity index (χ2v) is 11.6. The van der Waals surface area contributed by atoms with Crippen molar-refractivity contribution >= 4 is 16.9 Å². The Bertz CT molecular complexity index is 1440. The molecule has 2 aromatic heterocycles. The number of hydrogen-bond acceptors (Lipinski definition) is 8. The molecule has 3 atom stereocenters. The van der Waals surface area contributed by atoms with Crippen LogP contribution in [-0.4, -0.2) is 75.8 Å². The van der Waals surface area contributed by atoms with Crippen molar-refractivity contribution in [3.05, 3.63) is 63.7 Å². The zero-order chi connectivity index (χ0) is 29.1. The molecular weight excluding hydrogens is 514 g/mol. The minimum absolute atomic E-state index is 0.171. The maximum atomic E-state index is 12.8. The largest absolute Gasteiger partial charge is 0.381 e. The smallest absolute Gasteiger partial charge is 0.349 e. The van der Waals surface area contributed by atoms with E-state index in [1.807, 2.05) is 7.11 Å². The number of anilines is 1. The number of pyridine rings is 1. The average Bonchev–Trinajstić information content (AvgIpc) is 3.02. The lowest BCUT2D eigenvalue weighted by atomic mass is 9.96. The highest BCUT2D eigenvalue weighted by Gasteiger charge is 2.37. The molecule has 2 aliphatic heterocycles. The molecule has 0 amide bonds. The van der Waals surface area contributed by atoms with Crippen LogP contribution in [-0.2, 0) is 18.3 Å². The minimum Gasteiger partial charge on any atom is -0.381 e. The monoisotopic (exact) mass is 557 g/mol. The van der Waals surface area contributed by atoms with Crippen LogP contribution in [0.3, 0.4) is 0 Å². The van der Waals surface area contributed by atoms with E-state index in [1.165, 1.54) is 15.7 Å². The van der Waals surface area contributed by atoms with Gasteiger partial charge in [0.2, 0.25) is 0 Å². The van der Waals surface area contributed by atoms with Crippen LogP contribution in [0, 0.1) is 11.3 Å². The summed E-state index contributed by atoms with van der Waals surface area (Å²) >= 11 is 0. The summed E-state index contributed by atoms with van der Waals surface area (Å²) in [5.41, 5.74) is 4.01. The number of piperidine rings is 1. The number of hydrogen-bond donors (Lipinski definition) is 0. The van der Waals surface area contributed by atoms with Crippen molar-refractivity contribution in [2.45, 2.75) is 77.2 Å². The molecule has 0 radical (unpaired) electrons. The summed E-state index contributed by atoms with van der Waals surface area (Å²) in [6, 6.07) is 15.5. The number of piperazine rings is 1. The van der Waals surface area contributed by atoms with Crippen LogP contribution in [0.25, 0.3) is 11.0 Å². The highest BCUT2D eigenvalue weighted by Crippen LogP contribution is 2.33.